The van der Waals surface area contributed by atoms with E-state index in [4.69, 9.17) is 0 Å². The molecule has 3 nitrogen and oxygen atoms in total. The number of nitrogens with one attached hydrogen (secondary N) is 2. The van der Waals surface area contributed by atoms with Crippen molar-refractivity contribution in [3.05, 3.63) is 24.3 Å². The van der Waals surface area contributed by atoms with Crippen LogP contribution in [0.1, 0.15) is 33.6 Å². The van der Waals surface area contributed by atoms with Crippen molar-refractivity contribution in [3.8, 4) is 0 Å². The molecule has 3 heteroatoms. The predicted molar refractivity (Wildman–Crippen MR) is 75.7 cm³/mol. The lowest BCUT2D eigenvalue weighted by Gasteiger charge is -2.19. The van der Waals surface area contributed by atoms with Crippen LogP contribution in [0.3, 0.4) is 0 Å². The average molecular weight is 246 g/mol. The van der Waals surface area contributed by atoms with E-state index >= 15 is 0 Å². The number of anilines is 2. The Hall–Kier alpha value is -1.51. The van der Waals surface area contributed by atoms with Gasteiger partial charge in [-0.25, -0.2) is 0 Å². The molecular weight excluding hydrogens is 224 g/mol. The molecule has 0 saturated heterocycles. The van der Waals surface area contributed by atoms with Crippen LogP contribution in [0.25, 0.3) is 0 Å². The van der Waals surface area contributed by atoms with Crippen LogP contribution in [0, 0.1) is 11.8 Å². The minimum absolute atomic E-state index is 0.159. The third-order valence-electron chi connectivity index (χ3n) is 3.49. The van der Waals surface area contributed by atoms with Gasteiger partial charge in [0.25, 0.3) is 0 Å². The van der Waals surface area contributed by atoms with E-state index in [1.165, 1.54) is 0 Å². The summed E-state index contributed by atoms with van der Waals surface area (Å²) in [5.41, 5.74) is 1.98. The van der Waals surface area contributed by atoms with Gasteiger partial charge in [-0.05, 0) is 49.9 Å². The van der Waals surface area contributed by atoms with Crippen LogP contribution in [0.4, 0.5) is 11.4 Å². The van der Waals surface area contributed by atoms with Gasteiger partial charge in [0.15, 0.2) is 0 Å². The summed E-state index contributed by atoms with van der Waals surface area (Å²) in [7, 11) is 0. The predicted octanol–water partition coefficient (Wildman–Crippen LogP) is 3.49. The second-order valence-corrected chi connectivity index (χ2v) is 5.52. The second kappa shape index (κ2) is 5.42. The lowest BCUT2D eigenvalue weighted by Crippen LogP contribution is -2.21. The molecule has 1 aromatic rings. The number of rotatable bonds is 5. The minimum Gasteiger partial charge on any atom is -0.382 e. The van der Waals surface area contributed by atoms with Crippen molar-refractivity contribution < 1.29 is 4.79 Å². The van der Waals surface area contributed by atoms with Crippen LogP contribution >= 0.6 is 0 Å². The Morgan fingerprint density at radius 3 is 2.17 bits per heavy atom. The van der Waals surface area contributed by atoms with Crippen molar-refractivity contribution in [2.24, 2.45) is 11.8 Å². The monoisotopic (exact) mass is 246 g/mol. The summed E-state index contributed by atoms with van der Waals surface area (Å²) in [4.78, 5) is 11.6. The highest BCUT2D eigenvalue weighted by molar-refractivity contribution is 5.94. The Balaban J connectivity index is 1.90. The molecule has 0 heterocycles. The Morgan fingerprint density at radius 2 is 1.67 bits per heavy atom. The molecule has 2 rings (SSSR count). The highest BCUT2D eigenvalue weighted by Gasteiger charge is 2.29. The zero-order valence-electron chi connectivity index (χ0n) is 11.4. The molecule has 1 amide bonds. The summed E-state index contributed by atoms with van der Waals surface area (Å²) >= 11 is 0. The standard InChI is InChI=1S/C15H22N2O/c1-10(2)11(3)16-13-6-8-14(9-7-13)17-15(18)12-4-5-12/h6-12,16H,4-5H2,1-3H3,(H,17,18). The summed E-state index contributed by atoms with van der Waals surface area (Å²) in [6, 6.07) is 8.38. The van der Waals surface area contributed by atoms with Gasteiger partial charge in [0.2, 0.25) is 5.91 Å². The zero-order valence-corrected chi connectivity index (χ0v) is 11.4. The third-order valence-corrected chi connectivity index (χ3v) is 3.49. The normalized spacial score (nSPS) is 16.4. The molecule has 18 heavy (non-hydrogen) atoms. The van der Waals surface area contributed by atoms with Gasteiger partial charge in [-0.3, -0.25) is 4.79 Å². The summed E-state index contributed by atoms with van der Waals surface area (Å²) in [6.45, 7) is 6.57. The van der Waals surface area contributed by atoms with Gasteiger partial charge in [0.1, 0.15) is 0 Å². The highest BCUT2D eigenvalue weighted by Crippen LogP contribution is 2.30. The first kappa shape index (κ1) is 12.9. The maximum atomic E-state index is 11.6. The number of hydrogen-bond donors (Lipinski definition) is 2. The fourth-order valence-electron chi connectivity index (χ4n) is 1.67. The minimum atomic E-state index is 0.159. The SMILES string of the molecule is CC(C)C(C)Nc1ccc(NC(=O)C2CC2)cc1. The molecule has 0 aliphatic heterocycles. The number of carbonyl (C=O) groups excluding carboxylic acids is 1. The van der Waals surface area contributed by atoms with Gasteiger partial charge in [-0.1, -0.05) is 13.8 Å². The summed E-state index contributed by atoms with van der Waals surface area (Å²) in [5, 5.41) is 6.38. The highest BCUT2D eigenvalue weighted by atomic mass is 16.2. The summed E-state index contributed by atoms with van der Waals surface area (Å²) in [5.74, 6) is 1.01. The average Bonchev–Trinajstić information content (AvgIpc) is 3.15. The number of amides is 1. The zero-order chi connectivity index (χ0) is 13.1. The summed E-state index contributed by atoms with van der Waals surface area (Å²) < 4.78 is 0. The van der Waals surface area contributed by atoms with Gasteiger partial charge < -0.3 is 10.6 Å². The smallest absolute Gasteiger partial charge is 0.227 e. The number of hydrogen-bond acceptors (Lipinski definition) is 2. The Labute approximate surface area is 109 Å². The maximum Gasteiger partial charge on any atom is 0.227 e. The van der Waals surface area contributed by atoms with Crippen LogP contribution < -0.4 is 10.6 Å². The first-order chi connectivity index (χ1) is 8.56. The molecule has 1 atom stereocenters. The molecule has 1 aliphatic rings. The number of benzene rings is 1. The van der Waals surface area contributed by atoms with E-state index in [0.29, 0.717) is 12.0 Å². The fourth-order valence-corrected chi connectivity index (χ4v) is 1.67. The van der Waals surface area contributed by atoms with Gasteiger partial charge >= 0.3 is 0 Å². The van der Waals surface area contributed by atoms with Crippen molar-refractivity contribution in [2.45, 2.75) is 39.7 Å². The molecule has 0 bridgehead atoms. The quantitative estimate of drug-likeness (QED) is 0.835. The van der Waals surface area contributed by atoms with Crippen molar-refractivity contribution in [1.29, 1.82) is 0 Å². The lowest BCUT2D eigenvalue weighted by atomic mass is 10.1. The van der Waals surface area contributed by atoms with Crippen LogP contribution in [0.2, 0.25) is 0 Å². The van der Waals surface area contributed by atoms with Crippen LogP contribution in [0.15, 0.2) is 24.3 Å². The van der Waals surface area contributed by atoms with Gasteiger partial charge in [-0.2, -0.15) is 0 Å². The molecule has 0 aromatic heterocycles. The van der Waals surface area contributed by atoms with Crippen molar-refractivity contribution >= 4 is 17.3 Å². The largest absolute Gasteiger partial charge is 0.382 e. The molecule has 1 aromatic carbocycles. The topological polar surface area (TPSA) is 41.1 Å². The Kier molecular flexibility index (Phi) is 3.90. The van der Waals surface area contributed by atoms with E-state index in [1.54, 1.807) is 0 Å². The molecule has 98 valence electrons. The molecule has 0 radical (unpaired) electrons. The third kappa shape index (κ3) is 3.49. The molecule has 0 spiro atoms. The van der Waals surface area contributed by atoms with Gasteiger partial charge in [-0.15, -0.1) is 0 Å². The van der Waals surface area contributed by atoms with E-state index in [2.05, 4.69) is 31.4 Å². The first-order valence-electron chi connectivity index (χ1n) is 6.73. The molecule has 1 fully saturated rings. The van der Waals surface area contributed by atoms with Crippen LogP contribution in [-0.4, -0.2) is 11.9 Å². The van der Waals surface area contributed by atoms with E-state index < -0.39 is 0 Å². The van der Waals surface area contributed by atoms with Gasteiger partial charge in [0.05, 0.1) is 0 Å². The first-order valence-corrected chi connectivity index (χ1v) is 6.73. The Bertz CT molecular complexity index is 407. The number of carbonyl (C=O) groups is 1. The molecule has 1 aliphatic carbocycles. The molecule has 2 N–H and O–H groups in total. The van der Waals surface area contributed by atoms with E-state index in [9.17, 15) is 4.79 Å². The lowest BCUT2D eigenvalue weighted by molar-refractivity contribution is -0.117. The van der Waals surface area contributed by atoms with E-state index in [-0.39, 0.29) is 11.8 Å². The molecule has 1 unspecified atom stereocenters. The summed E-state index contributed by atoms with van der Waals surface area (Å²) in [6.07, 6.45) is 2.08. The van der Waals surface area contributed by atoms with Crippen LogP contribution in [-0.2, 0) is 4.79 Å². The van der Waals surface area contributed by atoms with E-state index in [0.717, 1.165) is 24.2 Å². The fraction of sp³-hybridized carbons (Fsp3) is 0.533. The van der Waals surface area contributed by atoms with Gasteiger partial charge in [0, 0.05) is 23.3 Å². The van der Waals surface area contributed by atoms with Crippen molar-refractivity contribution in [1.82, 2.24) is 0 Å². The second-order valence-electron chi connectivity index (χ2n) is 5.52. The molecule has 1 saturated carbocycles. The Morgan fingerprint density at radius 1 is 1.11 bits per heavy atom. The van der Waals surface area contributed by atoms with Crippen molar-refractivity contribution in [2.75, 3.05) is 10.6 Å². The van der Waals surface area contributed by atoms with E-state index in [1.807, 2.05) is 24.3 Å². The van der Waals surface area contributed by atoms with Crippen LogP contribution in [0.5, 0.6) is 0 Å². The van der Waals surface area contributed by atoms with Crippen molar-refractivity contribution in [3.63, 3.8) is 0 Å². The molecular formula is C15H22N2O. The maximum absolute atomic E-state index is 11.6.